The SMILES string of the molecule is C[C@H](NCCO)C(=O)N[C@H](C(=O)N1CCC[C@H]1C(=O)Nc1snnc1-c1ccccc1)C1CCCCC1. The molecule has 2 aromatic rings. The summed E-state index contributed by atoms with van der Waals surface area (Å²) >= 11 is 1.11. The molecule has 3 atom stereocenters. The second-order valence-corrected chi connectivity index (χ2v) is 10.5. The first-order chi connectivity index (χ1) is 18.0. The van der Waals surface area contributed by atoms with Gasteiger partial charge in [-0.3, -0.25) is 14.4 Å². The predicted molar refractivity (Wildman–Crippen MR) is 142 cm³/mol. The summed E-state index contributed by atoms with van der Waals surface area (Å²) in [7, 11) is 0. The van der Waals surface area contributed by atoms with Crippen LogP contribution in [0.4, 0.5) is 5.00 Å². The number of carbonyl (C=O) groups is 3. The molecule has 1 aliphatic heterocycles. The number of benzene rings is 1. The second kappa shape index (κ2) is 13.1. The first-order valence-corrected chi connectivity index (χ1v) is 13.9. The van der Waals surface area contributed by atoms with Gasteiger partial charge in [0, 0.05) is 30.2 Å². The summed E-state index contributed by atoms with van der Waals surface area (Å²) < 4.78 is 4.02. The van der Waals surface area contributed by atoms with Crippen molar-refractivity contribution in [1.29, 1.82) is 0 Å². The van der Waals surface area contributed by atoms with Crippen LogP contribution in [0.5, 0.6) is 0 Å². The second-order valence-electron chi connectivity index (χ2n) is 9.78. The minimum Gasteiger partial charge on any atom is -0.395 e. The van der Waals surface area contributed by atoms with Crippen molar-refractivity contribution in [3.05, 3.63) is 30.3 Å². The standard InChI is InChI=1S/C26H36N6O4S/c1-17(27-14-16-33)23(34)28-22(19-11-6-3-7-12-19)26(36)32-15-8-13-20(32)24(35)29-25-21(30-31-37-25)18-9-4-2-5-10-18/h2,4-5,9-10,17,19-20,22,27,33H,3,6-8,11-16H2,1H3,(H,28,34)(H,29,35)/t17-,20-,22-/m0/s1. The minimum absolute atomic E-state index is 0.0370. The summed E-state index contributed by atoms with van der Waals surface area (Å²) in [5.74, 6) is -0.700. The minimum atomic E-state index is -0.676. The predicted octanol–water partition coefficient (Wildman–Crippen LogP) is 2.17. The van der Waals surface area contributed by atoms with Crippen LogP contribution in [0.25, 0.3) is 11.3 Å². The lowest BCUT2D eigenvalue weighted by molar-refractivity contribution is -0.142. The van der Waals surface area contributed by atoms with Gasteiger partial charge in [-0.2, -0.15) is 0 Å². The van der Waals surface area contributed by atoms with Crippen LogP contribution < -0.4 is 16.0 Å². The van der Waals surface area contributed by atoms with Gasteiger partial charge >= 0.3 is 0 Å². The van der Waals surface area contributed by atoms with Crippen molar-refractivity contribution in [1.82, 2.24) is 25.1 Å². The van der Waals surface area contributed by atoms with E-state index < -0.39 is 18.1 Å². The number of nitrogens with zero attached hydrogens (tertiary/aromatic N) is 3. The molecule has 0 unspecified atom stereocenters. The van der Waals surface area contributed by atoms with Crippen molar-refractivity contribution in [2.24, 2.45) is 5.92 Å². The lowest BCUT2D eigenvalue weighted by atomic mass is 9.83. The summed E-state index contributed by atoms with van der Waals surface area (Å²) in [5.41, 5.74) is 1.46. The number of nitrogens with one attached hydrogen (secondary N) is 3. The van der Waals surface area contributed by atoms with E-state index in [9.17, 15) is 14.4 Å². The summed E-state index contributed by atoms with van der Waals surface area (Å²) in [6, 6.07) is 7.69. The summed E-state index contributed by atoms with van der Waals surface area (Å²) in [6.45, 7) is 2.41. The van der Waals surface area contributed by atoms with Crippen LogP contribution >= 0.6 is 11.5 Å². The molecule has 4 N–H and O–H groups in total. The van der Waals surface area contributed by atoms with Crippen LogP contribution in [0.15, 0.2) is 30.3 Å². The Morgan fingerprint density at radius 1 is 1.11 bits per heavy atom. The van der Waals surface area contributed by atoms with Crippen LogP contribution in [0.2, 0.25) is 0 Å². The van der Waals surface area contributed by atoms with E-state index >= 15 is 0 Å². The Labute approximate surface area is 221 Å². The first kappa shape index (κ1) is 27.2. The van der Waals surface area contributed by atoms with E-state index in [0.29, 0.717) is 30.2 Å². The van der Waals surface area contributed by atoms with E-state index in [4.69, 9.17) is 5.11 Å². The lowest BCUT2D eigenvalue weighted by Gasteiger charge is -2.35. The molecule has 2 heterocycles. The average Bonchev–Trinajstić information content (AvgIpc) is 3.61. The monoisotopic (exact) mass is 528 g/mol. The zero-order valence-corrected chi connectivity index (χ0v) is 22.0. The van der Waals surface area contributed by atoms with Gasteiger partial charge in [0.2, 0.25) is 17.7 Å². The average molecular weight is 529 g/mol. The molecule has 1 saturated carbocycles. The molecule has 2 aliphatic rings. The fourth-order valence-corrected chi connectivity index (χ4v) is 5.83. The Morgan fingerprint density at radius 3 is 2.59 bits per heavy atom. The maximum Gasteiger partial charge on any atom is 0.247 e. The van der Waals surface area contributed by atoms with Gasteiger partial charge in [0.15, 0.2) is 0 Å². The van der Waals surface area contributed by atoms with E-state index in [0.717, 1.165) is 55.6 Å². The topological polar surface area (TPSA) is 137 Å². The smallest absolute Gasteiger partial charge is 0.247 e. The van der Waals surface area contributed by atoms with Gasteiger partial charge in [0.1, 0.15) is 22.8 Å². The molecule has 10 nitrogen and oxygen atoms in total. The highest BCUT2D eigenvalue weighted by Crippen LogP contribution is 2.31. The molecule has 0 bridgehead atoms. The molecule has 0 spiro atoms. The summed E-state index contributed by atoms with van der Waals surface area (Å²) in [5, 5.41) is 22.7. The Hall–Kier alpha value is -2.89. The Balaban J connectivity index is 1.48. The Morgan fingerprint density at radius 2 is 1.86 bits per heavy atom. The number of aromatic nitrogens is 2. The molecular weight excluding hydrogens is 492 g/mol. The van der Waals surface area contributed by atoms with Gasteiger partial charge in [-0.05, 0) is 38.5 Å². The van der Waals surface area contributed by atoms with Gasteiger partial charge < -0.3 is 26.0 Å². The van der Waals surface area contributed by atoms with E-state index in [1.165, 1.54) is 0 Å². The van der Waals surface area contributed by atoms with Gasteiger partial charge in [0.25, 0.3) is 0 Å². The van der Waals surface area contributed by atoms with Gasteiger partial charge in [-0.25, -0.2) is 0 Å². The highest BCUT2D eigenvalue weighted by molar-refractivity contribution is 7.10. The van der Waals surface area contributed by atoms with Gasteiger partial charge in [-0.15, -0.1) is 5.10 Å². The zero-order chi connectivity index (χ0) is 26.2. The normalized spacial score (nSPS) is 19.8. The Bertz CT molecular complexity index is 1060. The Kier molecular flexibility index (Phi) is 9.59. The number of carbonyl (C=O) groups excluding carboxylic acids is 3. The van der Waals surface area contributed by atoms with Gasteiger partial charge in [0.05, 0.1) is 12.6 Å². The molecule has 4 rings (SSSR count). The maximum atomic E-state index is 13.9. The number of aliphatic hydroxyl groups excluding tert-OH is 1. The number of hydrogen-bond donors (Lipinski definition) is 4. The van der Waals surface area contributed by atoms with Crippen LogP contribution in [0.1, 0.15) is 51.9 Å². The summed E-state index contributed by atoms with van der Waals surface area (Å²) in [4.78, 5) is 41.8. The summed E-state index contributed by atoms with van der Waals surface area (Å²) in [6.07, 6.45) is 6.18. The first-order valence-electron chi connectivity index (χ1n) is 13.1. The lowest BCUT2D eigenvalue weighted by Crippen LogP contribution is -2.58. The highest BCUT2D eigenvalue weighted by atomic mass is 32.1. The van der Waals surface area contributed by atoms with E-state index in [1.807, 2.05) is 30.3 Å². The quantitative estimate of drug-likeness (QED) is 0.371. The molecule has 37 heavy (non-hydrogen) atoms. The largest absolute Gasteiger partial charge is 0.395 e. The molecule has 1 aromatic carbocycles. The van der Waals surface area contributed by atoms with Crippen molar-refractivity contribution < 1.29 is 19.5 Å². The van der Waals surface area contributed by atoms with Crippen molar-refractivity contribution >= 4 is 34.3 Å². The number of amides is 3. The van der Waals surface area contributed by atoms with E-state index in [-0.39, 0.29) is 30.2 Å². The fourth-order valence-electron chi connectivity index (χ4n) is 5.24. The molecule has 1 aromatic heterocycles. The number of aliphatic hydroxyl groups is 1. The molecule has 200 valence electrons. The molecular formula is C26H36N6O4S. The van der Waals surface area contributed by atoms with E-state index in [2.05, 4.69) is 25.5 Å². The van der Waals surface area contributed by atoms with Crippen molar-refractivity contribution in [3.63, 3.8) is 0 Å². The molecule has 0 radical (unpaired) electrons. The van der Waals surface area contributed by atoms with Gasteiger partial charge in [-0.1, -0.05) is 54.1 Å². The van der Waals surface area contributed by atoms with Crippen LogP contribution in [0.3, 0.4) is 0 Å². The van der Waals surface area contributed by atoms with Crippen molar-refractivity contribution in [2.75, 3.05) is 25.0 Å². The number of hydrogen-bond acceptors (Lipinski definition) is 8. The third kappa shape index (κ3) is 6.71. The van der Waals surface area contributed by atoms with Crippen LogP contribution in [-0.4, -0.2) is 75.1 Å². The number of likely N-dealkylation sites (tertiary alicyclic amines) is 1. The molecule has 1 saturated heterocycles. The molecule has 2 fully saturated rings. The van der Waals surface area contributed by atoms with Crippen molar-refractivity contribution in [3.8, 4) is 11.3 Å². The molecule has 11 heteroatoms. The van der Waals surface area contributed by atoms with Crippen LogP contribution in [-0.2, 0) is 14.4 Å². The maximum absolute atomic E-state index is 13.9. The van der Waals surface area contributed by atoms with E-state index in [1.54, 1.807) is 11.8 Å². The third-order valence-corrected chi connectivity index (χ3v) is 7.89. The number of anilines is 1. The zero-order valence-electron chi connectivity index (χ0n) is 21.2. The fraction of sp³-hybridized carbons (Fsp3) is 0.577. The third-order valence-electron chi connectivity index (χ3n) is 7.25. The molecule has 1 aliphatic carbocycles. The van der Waals surface area contributed by atoms with Crippen molar-refractivity contribution in [2.45, 2.75) is 70.0 Å². The highest BCUT2D eigenvalue weighted by Gasteiger charge is 2.41. The molecule has 3 amide bonds. The van der Waals surface area contributed by atoms with Crippen LogP contribution in [0, 0.1) is 5.92 Å². The number of rotatable bonds is 10.